The van der Waals surface area contributed by atoms with Crippen molar-refractivity contribution in [2.24, 2.45) is 0 Å². The zero-order valence-electron chi connectivity index (χ0n) is 15.2. The monoisotopic (exact) mass is 383 g/mol. The molecule has 144 valence electrons. The van der Waals surface area contributed by atoms with Crippen LogP contribution in [0.15, 0.2) is 48.7 Å². The van der Waals surface area contributed by atoms with Gasteiger partial charge in [0.1, 0.15) is 0 Å². The fourth-order valence-corrected chi connectivity index (χ4v) is 2.55. The molecule has 0 atom stereocenters. The predicted molar refractivity (Wildman–Crippen MR) is 98.8 cm³/mol. The van der Waals surface area contributed by atoms with Crippen molar-refractivity contribution in [1.29, 1.82) is 0 Å². The molecule has 0 fully saturated rings. The Bertz CT molecular complexity index is 965. The zero-order valence-corrected chi connectivity index (χ0v) is 15.2. The van der Waals surface area contributed by atoms with Crippen LogP contribution < -0.4 is 14.8 Å². The number of anilines is 1. The van der Waals surface area contributed by atoms with Gasteiger partial charge in [-0.1, -0.05) is 0 Å². The molecule has 0 spiro atoms. The molecular formula is C20H17NO7. The van der Waals surface area contributed by atoms with Gasteiger partial charge in [0.2, 0.25) is 6.79 Å². The lowest BCUT2D eigenvalue weighted by Crippen LogP contribution is -2.08. The summed E-state index contributed by atoms with van der Waals surface area (Å²) < 4.78 is 19.9. The number of ether oxygens (including phenoxy) is 4. The van der Waals surface area contributed by atoms with E-state index in [1.165, 1.54) is 44.7 Å². The summed E-state index contributed by atoms with van der Waals surface area (Å²) in [6.07, 6.45) is 2.67. The molecule has 0 amide bonds. The molecule has 3 rings (SSSR count). The Morgan fingerprint density at radius 3 is 2.39 bits per heavy atom. The van der Waals surface area contributed by atoms with Gasteiger partial charge in [0.25, 0.3) is 0 Å². The number of methoxy groups -OCH3 is 2. The minimum Gasteiger partial charge on any atom is -0.465 e. The van der Waals surface area contributed by atoms with E-state index >= 15 is 0 Å². The summed E-state index contributed by atoms with van der Waals surface area (Å²) in [6, 6.07) is 9.20. The molecule has 0 aromatic heterocycles. The highest BCUT2D eigenvalue weighted by Gasteiger charge is 2.16. The van der Waals surface area contributed by atoms with E-state index in [0.717, 1.165) is 0 Å². The molecule has 1 N–H and O–H groups in total. The number of benzene rings is 2. The average Bonchev–Trinajstić information content (AvgIpc) is 3.20. The average molecular weight is 383 g/mol. The highest BCUT2D eigenvalue weighted by Crippen LogP contribution is 2.32. The molecule has 2 aromatic rings. The molecule has 0 radical (unpaired) electrons. The van der Waals surface area contributed by atoms with E-state index in [9.17, 15) is 14.4 Å². The topological polar surface area (TPSA) is 100 Å². The molecule has 8 nitrogen and oxygen atoms in total. The van der Waals surface area contributed by atoms with Gasteiger partial charge >= 0.3 is 11.9 Å². The van der Waals surface area contributed by atoms with E-state index in [1.54, 1.807) is 18.2 Å². The van der Waals surface area contributed by atoms with Crippen molar-refractivity contribution in [3.8, 4) is 11.5 Å². The molecular weight excluding hydrogens is 366 g/mol. The van der Waals surface area contributed by atoms with Crippen LogP contribution in [0.4, 0.5) is 5.69 Å². The lowest BCUT2D eigenvalue weighted by atomic mass is 10.1. The van der Waals surface area contributed by atoms with Crippen LogP contribution in [0.1, 0.15) is 31.1 Å². The standard InChI is InChI=1S/C20H17NO7/c1-25-19(23)13-3-5-14(20(24)26-2)15(9-13)21-8-7-16(22)12-4-6-17-18(10-12)28-11-27-17/h3-10,21H,11H2,1-2H3/b8-7+. The predicted octanol–water partition coefficient (Wildman–Crippen LogP) is 2.80. The van der Waals surface area contributed by atoms with Crippen molar-refractivity contribution >= 4 is 23.4 Å². The molecule has 1 aliphatic heterocycles. The Kier molecular flexibility index (Phi) is 5.59. The number of allylic oxidation sites excluding steroid dienone is 1. The number of hydrogen-bond donors (Lipinski definition) is 1. The second-order valence-electron chi connectivity index (χ2n) is 5.65. The second kappa shape index (κ2) is 8.26. The number of nitrogens with one attached hydrogen (secondary N) is 1. The molecule has 0 aliphatic carbocycles. The Balaban J connectivity index is 1.79. The first-order valence-corrected chi connectivity index (χ1v) is 8.21. The lowest BCUT2D eigenvalue weighted by Gasteiger charge is -2.09. The Hall–Kier alpha value is -3.81. The third kappa shape index (κ3) is 3.96. The van der Waals surface area contributed by atoms with Gasteiger partial charge in [-0.25, -0.2) is 9.59 Å². The molecule has 0 bridgehead atoms. The SMILES string of the molecule is COC(=O)c1ccc(C(=O)OC)c(N/C=C/C(=O)c2ccc3c(c2)OCO3)c1. The Labute approximate surface area is 160 Å². The van der Waals surface area contributed by atoms with Crippen LogP contribution >= 0.6 is 0 Å². The van der Waals surface area contributed by atoms with E-state index in [1.807, 2.05) is 0 Å². The summed E-state index contributed by atoms with van der Waals surface area (Å²) in [7, 11) is 2.51. The van der Waals surface area contributed by atoms with Crippen LogP contribution in [0, 0.1) is 0 Å². The van der Waals surface area contributed by atoms with Crippen LogP contribution in [0.2, 0.25) is 0 Å². The maximum absolute atomic E-state index is 12.3. The third-order valence-electron chi connectivity index (χ3n) is 3.98. The van der Waals surface area contributed by atoms with Gasteiger partial charge in [-0.05, 0) is 36.4 Å². The summed E-state index contributed by atoms with van der Waals surface area (Å²) in [4.78, 5) is 36.0. The van der Waals surface area contributed by atoms with Crippen LogP contribution in [0.3, 0.4) is 0 Å². The highest BCUT2D eigenvalue weighted by molar-refractivity contribution is 6.05. The smallest absolute Gasteiger partial charge is 0.339 e. The maximum atomic E-state index is 12.3. The van der Waals surface area contributed by atoms with Gasteiger partial charge in [-0.15, -0.1) is 0 Å². The molecule has 2 aromatic carbocycles. The van der Waals surface area contributed by atoms with Gasteiger partial charge in [0.05, 0.1) is 31.0 Å². The number of rotatable bonds is 6. The lowest BCUT2D eigenvalue weighted by molar-refractivity contribution is 0.0587. The molecule has 0 unspecified atom stereocenters. The number of fused-ring (bicyclic) bond motifs is 1. The molecule has 0 saturated carbocycles. The van der Waals surface area contributed by atoms with E-state index in [0.29, 0.717) is 22.7 Å². The van der Waals surface area contributed by atoms with Crippen molar-refractivity contribution in [2.75, 3.05) is 26.3 Å². The quantitative estimate of drug-likeness (QED) is 0.462. The number of carbonyl (C=O) groups excluding carboxylic acids is 3. The van der Waals surface area contributed by atoms with Gasteiger partial charge < -0.3 is 24.3 Å². The Morgan fingerprint density at radius 2 is 1.64 bits per heavy atom. The second-order valence-corrected chi connectivity index (χ2v) is 5.65. The summed E-state index contributed by atoms with van der Waals surface area (Å²) in [5, 5.41) is 2.83. The summed E-state index contributed by atoms with van der Waals surface area (Å²) in [5.74, 6) is -0.337. The van der Waals surface area contributed by atoms with Gasteiger partial charge in [0.15, 0.2) is 17.3 Å². The van der Waals surface area contributed by atoms with E-state index in [4.69, 9.17) is 14.2 Å². The minimum atomic E-state index is -0.589. The first-order valence-electron chi connectivity index (χ1n) is 8.21. The van der Waals surface area contributed by atoms with Crippen LogP contribution in [-0.2, 0) is 9.47 Å². The first kappa shape index (κ1) is 19.0. The third-order valence-corrected chi connectivity index (χ3v) is 3.98. The fourth-order valence-electron chi connectivity index (χ4n) is 2.55. The van der Waals surface area contributed by atoms with Crippen molar-refractivity contribution in [1.82, 2.24) is 0 Å². The van der Waals surface area contributed by atoms with Crippen LogP contribution in [0.5, 0.6) is 11.5 Å². The van der Waals surface area contributed by atoms with Crippen molar-refractivity contribution in [2.45, 2.75) is 0 Å². The van der Waals surface area contributed by atoms with Gasteiger partial charge in [-0.2, -0.15) is 0 Å². The largest absolute Gasteiger partial charge is 0.465 e. The summed E-state index contributed by atoms with van der Waals surface area (Å²) in [6.45, 7) is 0.122. The normalized spacial score (nSPS) is 11.9. The van der Waals surface area contributed by atoms with E-state index < -0.39 is 11.9 Å². The summed E-state index contributed by atoms with van der Waals surface area (Å²) in [5.41, 5.74) is 1.16. The number of ketones is 1. The van der Waals surface area contributed by atoms with Crippen molar-refractivity contribution in [3.05, 3.63) is 65.4 Å². The summed E-state index contributed by atoms with van der Waals surface area (Å²) >= 11 is 0. The van der Waals surface area contributed by atoms with Crippen molar-refractivity contribution < 1.29 is 33.3 Å². The Morgan fingerprint density at radius 1 is 0.929 bits per heavy atom. The number of carbonyl (C=O) groups is 3. The molecule has 1 aliphatic rings. The van der Waals surface area contributed by atoms with E-state index in [-0.39, 0.29) is 23.7 Å². The van der Waals surface area contributed by atoms with Crippen LogP contribution in [0.25, 0.3) is 0 Å². The molecule has 1 heterocycles. The molecule has 28 heavy (non-hydrogen) atoms. The fraction of sp³-hybridized carbons (Fsp3) is 0.150. The number of esters is 2. The first-order chi connectivity index (χ1) is 13.5. The highest BCUT2D eigenvalue weighted by atomic mass is 16.7. The van der Waals surface area contributed by atoms with Gasteiger partial charge in [-0.3, -0.25) is 4.79 Å². The van der Waals surface area contributed by atoms with Crippen LogP contribution in [-0.4, -0.2) is 38.7 Å². The zero-order chi connectivity index (χ0) is 20.1. The minimum absolute atomic E-state index is 0.122. The maximum Gasteiger partial charge on any atom is 0.339 e. The molecule has 8 heteroatoms. The molecule has 0 saturated heterocycles. The van der Waals surface area contributed by atoms with Gasteiger partial charge in [0, 0.05) is 17.8 Å². The van der Waals surface area contributed by atoms with Crippen molar-refractivity contribution in [3.63, 3.8) is 0 Å². The number of hydrogen-bond acceptors (Lipinski definition) is 8. The van der Waals surface area contributed by atoms with E-state index in [2.05, 4.69) is 10.1 Å².